The van der Waals surface area contributed by atoms with Gasteiger partial charge in [-0.15, -0.1) is 0 Å². The third kappa shape index (κ3) is 10.2. The first kappa shape index (κ1) is 35.5. The molecule has 1 unspecified atom stereocenters. The van der Waals surface area contributed by atoms with Crippen molar-refractivity contribution in [2.24, 2.45) is 0 Å². The van der Waals surface area contributed by atoms with E-state index in [2.05, 4.69) is 54.1 Å². The van der Waals surface area contributed by atoms with Crippen molar-refractivity contribution in [3.63, 3.8) is 0 Å². The Morgan fingerprint density at radius 2 is 1.47 bits per heavy atom. The molecule has 2 heterocycles. The van der Waals surface area contributed by atoms with Crippen LogP contribution in [-0.2, 0) is 26.3 Å². The average molecular weight is 620 g/mol. The van der Waals surface area contributed by atoms with Crippen LogP contribution in [0.3, 0.4) is 0 Å². The van der Waals surface area contributed by atoms with Crippen LogP contribution in [0.25, 0.3) is 0 Å². The van der Waals surface area contributed by atoms with Gasteiger partial charge in [-0.3, -0.25) is 14.7 Å². The van der Waals surface area contributed by atoms with Crippen molar-refractivity contribution < 1.29 is 50.9 Å². The molecule has 2 aromatic rings. The van der Waals surface area contributed by atoms with Gasteiger partial charge in [0.05, 0.1) is 0 Å². The third-order valence-electron chi connectivity index (χ3n) is 7.57. The fourth-order valence-electron chi connectivity index (χ4n) is 5.49. The minimum absolute atomic E-state index is 0.246. The molecule has 1 aromatic carbocycles. The number of rotatable bonds is 6. The quantitative estimate of drug-likeness (QED) is 0.404. The molecule has 2 aliphatic rings. The summed E-state index contributed by atoms with van der Waals surface area (Å²) in [5.41, 5.74) is 4.47. The standard InChI is InChI=1S/C25H33N3O.2C2HF3O2/c1-3-28(4-2)24(29)16-21-17-25(23-10-6-5-9-22(21)23)11-14-27(15-12-25)19-20-8-7-13-26-18-20;2*3-2(4,5)1(6)7/h5-10,13,18,21H,3-4,11-12,14-17,19H2,1-2H3;2*(H,6,7). The van der Waals surface area contributed by atoms with Crippen molar-refractivity contribution in [1.82, 2.24) is 14.8 Å². The first-order valence-electron chi connectivity index (χ1n) is 13.6. The number of aliphatic carboxylic acids is 2. The Morgan fingerprint density at radius 1 is 0.930 bits per heavy atom. The maximum atomic E-state index is 12.8. The smallest absolute Gasteiger partial charge is 0.475 e. The number of carboxylic acids is 2. The van der Waals surface area contributed by atoms with Gasteiger partial charge in [-0.05, 0) is 80.3 Å². The fourth-order valence-corrected chi connectivity index (χ4v) is 5.49. The number of likely N-dealkylation sites (tertiary alicyclic amines) is 1. The second kappa shape index (κ2) is 15.2. The van der Waals surface area contributed by atoms with Crippen LogP contribution in [-0.4, -0.2) is 81.4 Å². The second-order valence-electron chi connectivity index (χ2n) is 10.3. The molecule has 1 saturated heterocycles. The fraction of sp³-hybridized carbons (Fsp3) is 0.517. The lowest BCUT2D eigenvalue weighted by Gasteiger charge is -2.40. The Labute approximate surface area is 245 Å². The number of pyridine rings is 1. The molecule has 1 aliphatic heterocycles. The van der Waals surface area contributed by atoms with E-state index in [1.807, 2.05) is 23.4 Å². The van der Waals surface area contributed by atoms with Crippen LogP contribution < -0.4 is 0 Å². The SMILES string of the molecule is CCN(CC)C(=O)CC1CC2(CCN(Cc3cccnc3)CC2)c2ccccc21.O=C(O)C(F)(F)F.O=C(O)C(F)(F)F. The molecule has 14 heteroatoms. The molecular formula is C29H35F6N3O5. The number of fused-ring (bicyclic) bond motifs is 2. The van der Waals surface area contributed by atoms with Gasteiger partial charge in [-0.1, -0.05) is 30.3 Å². The van der Waals surface area contributed by atoms with E-state index in [9.17, 15) is 31.1 Å². The number of carbonyl (C=O) groups excluding carboxylic acids is 1. The molecule has 1 spiro atoms. The number of halogens is 6. The molecule has 43 heavy (non-hydrogen) atoms. The van der Waals surface area contributed by atoms with E-state index in [1.54, 1.807) is 0 Å². The van der Waals surface area contributed by atoms with Gasteiger partial charge in [0, 0.05) is 38.4 Å². The normalized spacial score (nSPS) is 17.5. The van der Waals surface area contributed by atoms with Crippen molar-refractivity contribution in [2.45, 2.75) is 69.8 Å². The Bertz CT molecular complexity index is 1190. The molecule has 1 atom stereocenters. The lowest BCUT2D eigenvalue weighted by atomic mass is 9.73. The van der Waals surface area contributed by atoms with Crippen molar-refractivity contribution >= 4 is 17.8 Å². The summed E-state index contributed by atoms with van der Waals surface area (Å²) in [6.07, 6.45) is -2.21. The van der Waals surface area contributed by atoms with Crippen LogP contribution in [0.4, 0.5) is 26.3 Å². The van der Waals surface area contributed by atoms with Crippen molar-refractivity contribution in [1.29, 1.82) is 0 Å². The van der Waals surface area contributed by atoms with Gasteiger partial charge in [0.25, 0.3) is 0 Å². The van der Waals surface area contributed by atoms with E-state index in [0.717, 1.165) is 39.1 Å². The van der Waals surface area contributed by atoms with E-state index < -0.39 is 24.3 Å². The third-order valence-corrected chi connectivity index (χ3v) is 7.57. The first-order valence-corrected chi connectivity index (χ1v) is 13.6. The van der Waals surface area contributed by atoms with Crippen LogP contribution >= 0.6 is 0 Å². The van der Waals surface area contributed by atoms with Crippen molar-refractivity contribution in [2.75, 3.05) is 26.2 Å². The minimum atomic E-state index is -5.08. The highest BCUT2D eigenvalue weighted by atomic mass is 19.4. The topological polar surface area (TPSA) is 111 Å². The van der Waals surface area contributed by atoms with E-state index in [-0.39, 0.29) is 5.41 Å². The molecule has 1 aromatic heterocycles. The summed E-state index contributed by atoms with van der Waals surface area (Å²) < 4.78 is 63.5. The summed E-state index contributed by atoms with van der Waals surface area (Å²) in [5.74, 6) is -4.84. The zero-order valence-corrected chi connectivity index (χ0v) is 23.8. The van der Waals surface area contributed by atoms with Crippen LogP contribution in [0.5, 0.6) is 0 Å². The Hall–Kier alpha value is -3.68. The Morgan fingerprint density at radius 3 is 1.93 bits per heavy atom. The van der Waals surface area contributed by atoms with Crippen LogP contribution in [0.1, 0.15) is 62.1 Å². The lowest BCUT2D eigenvalue weighted by Crippen LogP contribution is -2.41. The zero-order valence-electron chi connectivity index (χ0n) is 23.8. The maximum absolute atomic E-state index is 12.8. The maximum Gasteiger partial charge on any atom is 0.490 e. The summed E-state index contributed by atoms with van der Waals surface area (Å²) in [6, 6.07) is 13.1. The van der Waals surface area contributed by atoms with Crippen LogP contribution in [0.15, 0.2) is 48.8 Å². The molecule has 0 bridgehead atoms. The van der Waals surface area contributed by atoms with Gasteiger partial charge < -0.3 is 15.1 Å². The number of alkyl halides is 6. The molecule has 1 amide bonds. The number of carboxylic acid groups (broad SMARTS) is 2. The van der Waals surface area contributed by atoms with Gasteiger partial charge in [0.15, 0.2) is 0 Å². The second-order valence-corrected chi connectivity index (χ2v) is 10.3. The number of aromatic nitrogens is 1. The highest BCUT2D eigenvalue weighted by molar-refractivity contribution is 5.77. The van der Waals surface area contributed by atoms with E-state index in [4.69, 9.17) is 19.8 Å². The predicted octanol–water partition coefficient (Wildman–Crippen LogP) is 5.63. The number of benzene rings is 1. The highest BCUT2D eigenvalue weighted by Gasteiger charge is 2.45. The highest BCUT2D eigenvalue weighted by Crippen LogP contribution is 2.52. The summed E-state index contributed by atoms with van der Waals surface area (Å²) in [6.45, 7) is 8.96. The average Bonchev–Trinajstić information content (AvgIpc) is 3.23. The molecule has 0 saturated carbocycles. The van der Waals surface area contributed by atoms with Gasteiger partial charge in [-0.2, -0.15) is 26.3 Å². The molecular weight excluding hydrogens is 584 g/mol. The van der Waals surface area contributed by atoms with Crippen LogP contribution in [0, 0.1) is 0 Å². The monoisotopic (exact) mass is 619 g/mol. The number of amides is 1. The molecule has 238 valence electrons. The molecule has 1 aliphatic carbocycles. The van der Waals surface area contributed by atoms with E-state index >= 15 is 0 Å². The summed E-state index contributed by atoms with van der Waals surface area (Å²) in [4.78, 5) is 39.4. The van der Waals surface area contributed by atoms with Gasteiger partial charge >= 0.3 is 24.3 Å². The summed E-state index contributed by atoms with van der Waals surface area (Å²) >= 11 is 0. The number of piperidine rings is 1. The minimum Gasteiger partial charge on any atom is -0.475 e. The first-order chi connectivity index (χ1) is 20.0. The molecule has 1 fully saturated rings. The number of nitrogens with zero attached hydrogens (tertiary/aromatic N) is 3. The number of hydrogen-bond donors (Lipinski definition) is 2. The molecule has 2 N–H and O–H groups in total. The Balaban J connectivity index is 0.000000384. The molecule has 8 nitrogen and oxygen atoms in total. The van der Waals surface area contributed by atoms with E-state index in [1.165, 1.54) is 29.5 Å². The van der Waals surface area contributed by atoms with E-state index in [0.29, 0.717) is 18.2 Å². The molecule has 4 rings (SSSR count). The van der Waals surface area contributed by atoms with Crippen molar-refractivity contribution in [3.05, 3.63) is 65.5 Å². The van der Waals surface area contributed by atoms with Crippen LogP contribution in [0.2, 0.25) is 0 Å². The summed E-state index contributed by atoms with van der Waals surface area (Å²) in [7, 11) is 0. The van der Waals surface area contributed by atoms with Gasteiger partial charge in [0.2, 0.25) is 5.91 Å². The Kier molecular flexibility index (Phi) is 12.5. The van der Waals surface area contributed by atoms with Gasteiger partial charge in [-0.25, -0.2) is 9.59 Å². The number of carbonyl (C=O) groups is 3. The predicted molar refractivity (Wildman–Crippen MR) is 144 cm³/mol. The van der Waals surface area contributed by atoms with Crippen molar-refractivity contribution in [3.8, 4) is 0 Å². The zero-order chi connectivity index (χ0) is 32.4. The number of hydrogen-bond acceptors (Lipinski definition) is 5. The molecule has 0 radical (unpaired) electrons. The lowest BCUT2D eigenvalue weighted by molar-refractivity contribution is -0.193. The largest absolute Gasteiger partial charge is 0.490 e. The van der Waals surface area contributed by atoms with Gasteiger partial charge in [0.1, 0.15) is 0 Å². The summed E-state index contributed by atoms with van der Waals surface area (Å²) in [5, 5.41) is 14.2.